The van der Waals surface area contributed by atoms with Gasteiger partial charge in [0, 0.05) is 75.5 Å². The molecule has 0 bridgehead atoms. The zero-order chi connectivity index (χ0) is 50.7. The van der Waals surface area contributed by atoms with Crippen LogP contribution in [0.5, 0.6) is 0 Å². The standard InChI is InChI=1S/C56H70F2N8O6/c1-55(2,3)54(72)66-24-10-13-39(35-66)40-16-9-17-43(48(40)58)50(68)59-49(38-11-5-4-6-12-38)53(71)64-27-22-56(23-28-64)20-25-62(26-21-56)36-47(67)63-29-31-65(32-30-63)52(70)44-33-37(18-19-45(44)57)34-46-41-14-7-8-15-42(41)51(69)61-60-46/h7-9,14-19,33,38-39,49H,4-6,10-13,20-32,34-36H2,1-3H3,(H,59,68)(H,61,69)/t39?,49-/m1/s1. The lowest BCUT2D eigenvalue weighted by atomic mass is 9.71. The van der Waals surface area contributed by atoms with Crippen molar-refractivity contribution in [1.82, 2.24) is 40.0 Å². The smallest absolute Gasteiger partial charge is 0.272 e. The van der Waals surface area contributed by atoms with Crippen molar-refractivity contribution < 1.29 is 32.8 Å². The van der Waals surface area contributed by atoms with Crippen molar-refractivity contribution in [1.29, 1.82) is 0 Å². The second kappa shape index (κ2) is 21.6. The molecule has 72 heavy (non-hydrogen) atoms. The van der Waals surface area contributed by atoms with Crippen LogP contribution in [0.2, 0.25) is 0 Å². The molecule has 4 aliphatic heterocycles. The van der Waals surface area contributed by atoms with E-state index in [1.807, 2.05) is 42.7 Å². The Kier molecular flexibility index (Phi) is 15.3. The van der Waals surface area contributed by atoms with Crippen LogP contribution >= 0.6 is 0 Å². The SMILES string of the molecule is CC(C)(C)C(=O)N1CCCC(c2cccc(C(=O)N[C@@H](C(=O)N3CCC4(CCN(CC(=O)N5CCN(C(=O)c6cc(Cc7n[nH]c(=O)c8ccccc78)ccc6F)CC5)CC4)CC3)C3CCCCC3)c2F)C1. The predicted molar refractivity (Wildman–Crippen MR) is 270 cm³/mol. The van der Waals surface area contributed by atoms with Gasteiger partial charge in [0.25, 0.3) is 17.4 Å². The van der Waals surface area contributed by atoms with E-state index in [4.69, 9.17) is 0 Å². The van der Waals surface area contributed by atoms with Crippen LogP contribution in [0.1, 0.15) is 135 Å². The summed E-state index contributed by atoms with van der Waals surface area (Å²) in [5, 5.41) is 11.0. The van der Waals surface area contributed by atoms with Crippen molar-refractivity contribution in [3.8, 4) is 0 Å². The topological polar surface area (TPSA) is 159 Å². The summed E-state index contributed by atoms with van der Waals surface area (Å²) in [4.78, 5) is 90.5. The van der Waals surface area contributed by atoms with E-state index in [9.17, 15) is 28.8 Å². The summed E-state index contributed by atoms with van der Waals surface area (Å²) in [5.74, 6) is -2.52. The van der Waals surface area contributed by atoms with Crippen LogP contribution in [0.3, 0.4) is 0 Å². The maximum atomic E-state index is 16.4. The minimum Gasteiger partial charge on any atom is -0.342 e. The van der Waals surface area contributed by atoms with E-state index in [2.05, 4.69) is 20.4 Å². The number of piperidine rings is 3. The third-order valence-corrected chi connectivity index (χ3v) is 16.5. The van der Waals surface area contributed by atoms with Crippen LogP contribution in [0, 0.1) is 28.4 Å². The summed E-state index contributed by atoms with van der Waals surface area (Å²) >= 11 is 0. The Morgan fingerprint density at radius 1 is 0.736 bits per heavy atom. The number of H-pyrrole nitrogens is 1. The van der Waals surface area contributed by atoms with E-state index in [0.717, 1.165) is 83.7 Å². The highest BCUT2D eigenvalue weighted by molar-refractivity contribution is 5.98. The molecule has 1 spiro atoms. The van der Waals surface area contributed by atoms with Gasteiger partial charge in [0.15, 0.2) is 0 Å². The maximum Gasteiger partial charge on any atom is 0.272 e. The van der Waals surface area contributed by atoms with Gasteiger partial charge in [-0.25, -0.2) is 13.9 Å². The quantitative estimate of drug-likeness (QED) is 0.174. The molecule has 5 heterocycles. The second-order valence-corrected chi connectivity index (χ2v) is 22.2. The van der Waals surface area contributed by atoms with Gasteiger partial charge in [-0.2, -0.15) is 5.10 Å². The summed E-state index contributed by atoms with van der Waals surface area (Å²) in [7, 11) is 0. The number of halogens is 2. The number of aromatic amines is 1. The van der Waals surface area contributed by atoms with Gasteiger partial charge in [-0.1, -0.05) is 76.4 Å². The number of aromatic nitrogens is 2. The number of benzene rings is 3. The number of carbonyl (C=O) groups excluding carboxylic acids is 5. The lowest BCUT2D eigenvalue weighted by Gasteiger charge is -2.47. The first-order chi connectivity index (χ1) is 34.6. The second-order valence-electron chi connectivity index (χ2n) is 22.2. The van der Waals surface area contributed by atoms with Crippen LogP contribution in [0.15, 0.2) is 65.5 Å². The monoisotopic (exact) mass is 989 g/mol. The predicted octanol–water partition coefficient (Wildman–Crippen LogP) is 6.91. The number of piperazine rings is 1. The Bertz CT molecular complexity index is 2720. The highest BCUT2D eigenvalue weighted by atomic mass is 19.1. The molecule has 14 nitrogen and oxygen atoms in total. The summed E-state index contributed by atoms with van der Waals surface area (Å²) in [6, 6.07) is 15.8. The summed E-state index contributed by atoms with van der Waals surface area (Å²) in [6.45, 7) is 10.9. The molecule has 4 aromatic rings. The van der Waals surface area contributed by atoms with Crippen molar-refractivity contribution in [2.45, 2.75) is 110 Å². The van der Waals surface area contributed by atoms with E-state index < -0.39 is 34.9 Å². The first-order valence-corrected chi connectivity index (χ1v) is 26.3. The van der Waals surface area contributed by atoms with Crippen LogP contribution in [0.4, 0.5) is 8.78 Å². The Hall–Kier alpha value is -6.03. The van der Waals surface area contributed by atoms with Gasteiger partial charge in [-0.15, -0.1) is 0 Å². The molecule has 1 aromatic heterocycles. The fourth-order valence-corrected chi connectivity index (χ4v) is 12.0. The highest BCUT2D eigenvalue weighted by Gasteiger charge is 2.42. The molecule has 1 saturated carbocycles. The Balaban J connectivity index is 0.751. The molecule has 9 rings (SSSR count). The fraction of sp³-hybridized carbons (Fsp3) is 0.554. The van der Waals surface area contributed by atoms with Crippen LogP contribution in [0.25, 0.3) is 10.8 Å². The molecule has 2 N–H and O–H groups in total. The van der Waals surface area contributed by atoms with E-state index in [0.29, 0.717) is 73.3 Å². The normalized spacial score (nSPS) is 20.7. The molecule has 0 radical (unpaired) electrons. The van der Waals surface area contributed by atoms with E-state index in [-0.39, 0.29) is 71.3 Å². The van der Waals surface area contributed by atoms with Gasteiger partial charge in [0.1, 0.15) is 17.7 Å². The number of nitrogens with one attached hydrogen (secondary N) is 2. The lowest BCUT2D eigenvalue weighted by molar-refractivity contribution is -0.140. The number of hydrogen-bond acceptors (Lipinski definition) is 8. The molecular formula is C56H70F2N8O6. The highest BCUT2D eigenvalue weighted by Crippen LogP contribution is 2.42. The largest absolute Gasteiger partial charge is 0.342 e. The molecule has 16 heteroatoms. The van der Waals surface area contributed by atoms with Gasteiger partial charge in [-0.05, 0) is 111 Å². The van der Waals surface area contributed by atoms with E-state index in [1.165, 1.54) is 12.1 Å². The minimum atomic E-state index is -0.747. The number of hydrogen-bond donors (Lipinski definition) is 2. The van der Waals surface area contributed by atoms with Gasteiger partial charge in [0.05, 0.1) is 28.8 Å². The average molecular weight is 989 g/mol. The molecule has 384 valence electrons. The van der Waals surface area contributed by atoms with E-state index in [1.54, 1.807) is 46.2 Å². The molecule has 5 amide bonds. The number of fused-ring (bicyclic) bond motifs is 1. The Morgan fingerprint density at radius 2 is 1.42 bits per heavy atom. The van der Waals surface area contributed by atoms with Crippen molar-refractivity contribution in [2.24, 2.45) is 16.7 Å². The number of nitrogens with zero attached hydrogens (tertiary/aromatic N) is 6. The van der Waals surface area contributed by atoms with Crippen LogP contribution < -0.4 is 10.9 Å². The summed E-state index contributed by atoms with van der Waals surface area (Å²) in [5.41, 5.74) is 0.843. The zero-order valence-corrected chi connectivity index (χ0v) is 42.2. The lowest BCUT2D eigenvalue weighted by Crippen LogP contribution is -2.56. The third-order valence-electron chi connectivity index (χ3n) is 16.5. The number of likely N-dealkylation sites (tertiary alicyclic amines) is 3. The minimum absolute atomic E-state index is 0.00269. The summed E-state index contributed by atoms with van der Waals surface area (Å²) in [6.07, 6.45) is 9.94. The Morgan fingerprint density at radius 3 is 2.12 bits per heavy atom. The van der Waals surface area contributed by atoms with Crippen LogP contribution in [-0.4, -0.2) is 142 Å². The van der Waals surface area contributed by atoms with Crippen molar-refractivity contribution in [3.63, 3.8) is 0 Å². The average Bonchev–Trinajstić information content (AvgIpc) is 3.39. The van der Waals surface area contributed by atoms with Gasteiger partial charge in [0.2, 0.25) is 17.7 Å². The number of amides is 5. The molecule has 1 unspecified atom stereocenters. The molecule has 1 aliphatic carbocycles. The first-order valence-electron chi connectivity index (χ1n) is 26.3. The third kappa shape index (κ3) is 11.1. The van der Waals surface area contributed by atoms with Crippen molar-refractivity contribution in [2.75, 3.05) is 72.0 Å². The zero-order valence-electron chi connectivity index (χ0n) is 42.2. The molecule has 2 atom stereocenters. The van der Waals surface area contributed by atoms with E-state index >= 15 is 8.78 Å². The first kappa shape index (κ1) is 50.9. The number of carbonyl (C=O) groups is 5. The van der Waals surface area contributed by atoms with Crippen molar-refractivity contribution >= 4 is 40.3 Å². The number of rotatable bonds is 10. The Labute approximate surface area is 420 Å². The maximum absolute atomic E-state index is 16.4. The molecule has 4 saturated heterocycles. The fourth-order valence-electron chi connectivity index (χ4n) is 12.0. The molecule has 3 aromatic carbocycles. The van der Waals surface area contributed by atoms with Gasteiger partial charge < -0.3 is 24.9 Å². The van der Waals surface area contributed by atoms with Gasteiger partial charge in [-0.3, -0.25) is 33.7 Å². The van der Waals surface area contributed by atoms with Gasteiger partial charge >= 0.3 is 0 Å². The van der Waals surface area contributed by atoms with Crippen LogP contribution in [-0.2, 0) is 20.8 Å². The summed E-state index contributed by atoms with van der Waals surface area (Å²) < 4.78 is 31.6. The molecule has 5 fully saturated rings. The molecular weight excluding hydrogens is 919 g/mol. The molecule has 5 aliphatic rings. The van der Waals surface area contributed by atoms with Crippen molar-refractivity contribution in [3.05, 3.63) is 111 Å².